The standard InChI is InChI=1S/C11H13BrN2O/c1-8-7-9(3-4-10(8)12)14-6-2-5-13-11(14)15/h3-4,7H,2,5-6H2,1H3,(H,13,15). The third-order valence-corrected chi connectivity index (χ3v) is 3.42. The minimum absolute atomic E-state index is 0.00275. The summed E-state index contributed by atoms with van der Waals surface area (Å²) >= 11 is 3.45. The van der Waals surface area contributed by atoms with Gasteiger partial charge in [-0.25, -0.2) is 4.79 Å². The van der Waals surface area contributed by atoms with Crippen LogP contribution in [0.1, 0.15) is 12.0 Å². The third kappa shape index (κ3) is 2.15. The van der Waals surface area contributed by atoms with Crippen LogP contribution in [0.2, 0.25) is 0 Å². The van der Waals surface area contributed by atoms with Crippen molar-refractivity contribution in [1.29, 1.82) is 0 Å². The number of halogens is 1. The molecule has 1 aliphatic rings. The van der Waals surface area contributed by atoms with Gasteiger partial charge in [0.1, 0.15) is 0 Å². The second-order valence-electron chi connectivity index (χ2n) is 3.67. The van der Waals surface area contributed by atoms with Gasteiger partial charge >= 0.3 is 6.03 Å². The molecule has 1 N–H and O–H groups in total. The fourth-order valence-corrected chi connectivity index (χ4v) is 1.92. The van der Waals surface area contributed by atoms with Gasteiger partial charge in [-0.15, -0.1) is 0 Å². The SMILES string of the molecule is Cc1cc(N2CCCNC2=O)ccc1Br. The van der Waals surface area contributed by atoms with Gasteiger partial charge in [0, 0.05) is 23.2 Å². The van der Waals surface area contributed by atoms with Crippen LogP contribution in [0, 0.1) is 6.92 Å². The largest absolute Gasteiger partial charge is 0.338 e. The lowest BCUT2D eigenvalue weighted by Gasteiger charge is -2.27. The number of carbonyl (C=O) groups excluding carboxylic acids is 1. The minimum Gasteiger partial charge on any atom is -0.338 e. The van der Waals surface area contributed by atoms with Gasteiger partial charge < -0.3 is 5.32 Å². The van der Waals surface area contributed by atoms with E-state index in [0.29, 0.717) is 0 Å². The van der Waals surface area contributed by atoms with E-state index in [9.17, 15) is 4.79 Å². The van der Waals surface area contributed by atoms with Crippen LogP contribution in [0.3, 0.4) is 0 Å². The van der Waals surface area contributed by atoms with Crippen molar-refractivity contribution in [3.8, 4) is 0 Å². The Kier molecular flexibility index (Phi) is 2.95. The molecule has 2 amide bonds. The van der Waals surface area contributed by atoms with Crippen LogP contribution in [0.5, 0.6) is 0 Å². The first-order chi connectivity index (χ1) is 7.18. The number of hydrogen-bond donors (Lipinski definition) is 1. The Morgan fingerprint density at radius 3 is 2.93 bits per heavy atom. The summed E-state index contributed by atoms with van der Waals surface area (Å²) in [5, 5.41) is 2.84. The molecule has 0 unspecified atom stereocenters. The summed E-state index contributed by atoms with van der Waals surface area (Å²) in [6, 6.07) is 5.96. The van der Waals surface area contributed by atoms with Crippen molar-refractivity contribution in [2.45, 2.75) is 13.3 Å². The average Bonchev–Trinajstić information content (AvgIpc) is 2.23. The zero-order valence-electron chi connectivity index (χ0n) is 8.59. The van der Waals surface area contributed by atoms with Crippen molar-refractivity contribution in [2.24, 2.45) is 0 Å². The Balaban J connectivity index is 2.28. The molecule has 1 heterocycles. The topological polar surface area (TPSA) is 32.3 Å². The van der Waals surface area contributed by atoms with E-state index in [4.69, 9.17) is 0 Å². The maximum Gasteiger partial charge on any atom is 0.321 e. The number of rotatable bonds is 1. The second kappa shape index (κ2) is 4.23. The maximum absolute atomic E-state index is 11.6. The molecule has 1 saturated heterocycles. The van der Waals surface area contributed by atoms with Crippen LogP contribution in [0.15, 0.2) is 22.7 Å². The van der Waals surface area contributed by atoms with Gasteiger partial charge in [-0.05, 0) is 37.1 Å². The Labute approximate surface area is 97.6 Å². The van der Waals surface area contributed by atoms with Crippen LogP contribution < -0.4 is 10.2 Å². The molecule has 4 heteroatoms. The van der Waals surface area contributed by atoms with Crippen LogP contribution >= 0.6 is 15.9 Å². The summed E-state index contributed by atoms with van der Waals surface area (Å²) in [5.41, 5.74) is 2.11. The molecule has 1 aromatic carbocycles. The number of carbonyl (C=O) groups is 1. The quantitative estimate of drug-likeness (QED) is 0.835. The summed E-state index contributed by atoms with van der Waals surface area (Å²) in [5.74, 6) is 0. The summed E-state index contributed by atoms with van der Waals surface area (Å²) in [7, 11) is 0. The Morgan fingerprint density at radius 1 is 1.47 bits per heavy atom. The van der Waals surface area contributed by atoms with E-state index in [2.05, 4.69) is 21.2 Å². The molecule has 0 radical (unpaired) electrons. The average molecular weight is 269 g/mol. The van der Waals surface area contributed by atoms with Crippen molar-refractivity contribution in [3.05, 3.63) is 28.2 Å². The fourth-order valence-electron chi connectivity index (χ4n) is 1.67. The van der Waals surface area contributed by atoms with Crippen molar-refractivity contribution in [3.63, 3.8) is 0 Å². The molecule has 15 heavy (non-hydrogen) atoms. The van der Waals surface area contributed by atoms with Crippen LogP contribution in [-0.4, -0.2) is 19.1 Å². The molecule has 1 fully saturated rings. The normalized spacial score (nSPS) is 16.4. The van der Waals surface area contributed by atoms with E-state index in [1.165, 1.54) is 0 Å². The molecular formula is C11H13BrN2O. The van der Waals surface area contributed by atoms with E-state index in [1.807, 2.05) is 25.1 Å². The zero-order chi connectivity index (χ0) is 10.8. The number of nitrogens with zero attached hydrogens (tertiary/aromatic N) is 1. The van der Waals surface area contributed by atoms with Crippen LogP contribution in [-0.2, 0) is 0 Å². The van der Waals surface area contributed by atoms with Crippen LogP contribution in [0.4, 0.5) is 10.5 Å². The first-order valence-corrected chi connectivity index (χ1v) is 5.79. The predicted octanol–water partition coefficient (Wildman–Crippen LogP) is 2.68. The Morgan fingerprint density at radius 2 is 2.27 bits per heavy atom. The van der Waals surface area contributed by atoms with E-state index in [1.54, 1.807) is 4.90 Å². The first kappa shape index (κ1) is 10.5. The van der Waals surface area contributed by atoms with Gasteiger partial charge in [0.05, 0.1) is 0 Å². The highest BCUT2D eigenvalue weighted by Gasteiger charge is 2.19. The summed E-state index contributed by atoms with van der Waals surface area (Å²) in [6.45, 7) is 3.60. The van der Waals surface area contributed by atoms with E-state index in [0.717, 1.165) is 35.2 Å². The first-order valence-electron chi connectivity index (χ1n) is 5.00. The van der Waals surface area contributed by atoms with Gasteiger partial charge in [0.25, 0.3) is 0 Å². The third-order valence-electron chi connectivity index (χ3n) is 2.53. The number of nitrogens with one attached hydrogen (secondary N) is 1. The van der Waals surface area contributed by atoms with E-state index >= 15 is 0 Å². The lowest BCUT2D eigenvalue weighted by Crippen LogP contribution is -2.46. The molecule has 0 bridgehead atoms. The number of aryl methyl sites for hydroxylation is 1. The van der Waals surface area contributed by atoms with Gasteiger partial charge in [-0.3, -0.25) is 4.90 Å². The van der Waals surface area contributed by atoms with Crippen molar-refractivity contribution < 1.29 is 4.79 Å². The Bertz CT molecular complexity index is 392. The smallest absolute Gasteiger partial charge is 0.321 e. The number of amides is 2. The maximum atomic E-state index is 11.6. The molecular weight excluding hydrogens is 256 g/mol. The fraction of sp³-hybridized carbons (Fsp3) is 0.364. The molecule has 1 aromatic rings. The highest BCUT2D eigenvalue weighted by atomic mass is 79.9. The second-order valence-corrected chi connectivity index (χ2v) is 4.52. The summed E-state index contributed by atoms with van der Waals surface area (Å²) in [4.78, 5) is 13.4. The molecule has 3 nitrogen and oxygen atoms in total. The number of urea groups is 1. The van der Waals surface area contributed by atoms with Gasteiger partial charge in [0.15, 0.2) is 0 Å². The van der Waals surface area contributed by atoms with Crippen molar-refractivity contribution in [2.75, 3.05) is 18.0 Å². The number of benzene rings is 1. The molecule has 0 aromatic heterocycles. The van der Waals surface area contributed by atoms with E-state index < -0.39 is 0 Å². The number of anilines is 1. The zero-order valence-corrected chi connectivity index (χ0v) is 10.2. The predicted molar refractivity (Wildman–Crippen MR) is 64.2 cm³/mol. The van der Waals surface area contributed by atoms with Gasteiger partial charge in [-0.2, -0.15) is 0 Å². The van der Waals surface area contributed by atoms with Gasteiger partial charge in [-0.1, -0.05) is 15.9 Å². The minimum atomic E-state index is 0.00275. The summed E-state index contributed by atoms with van der Waals surface area (Å²) in [6.07, 6.45) is 1.00. The molecule has 1 aliphatic heterocycles. The molecule has 0 atom stereocenters. The van der Waals surface area contributed by atoms with E-state index in [-0.39, 0.29) is 6.03 Å². The highest BCUT2D eigenvalue weighted by molar-refractivity contribution is 9.10. The molecule has 0 aliphatic carbocycles. The Hall–Kier alpha value is -1.03. The molecule has 2 rings (SSSR count). The van der Waals surface area contributed by atoms with Crippen LogP contribution in [0.25, 0.3) is 0 Å². The highest BCUT2D eigenvalue weighted by Crippen LogP contribution is 2.23. The van der Waals surface area contributed by atoms with Gasteiger partial charge in [0.2, 0.25) is 0 Å². The summed E-state index contributed by atoms with van der Waals surface area (Å²) < 4.78 is 1.07. The monoisotopic (exact) mass is 268 g/mol. The number of hydrogen-bond acceptors (Lipinski definition) is 1. The molecule has 80 valence electrons. The lowest BCUT2D eigenvalue weighted by atomic mass is 10.2. The van der Waals surface area contributed by atoms with Crippen molar-refractivity contribution >= 4 is 27.6 Å². The van der Waals surface area contributed by atoms with Crippen molar-refractivity contribution in [1.82, 2.24) is 5.32 Å². The molecule has 0 saturated carbocycles. The lowest BCUT2D eigenvalue weighted by molar-refractivity contribution is 0.243. The molecule has 0 spiro atoms.